The summed E-state index contributed by atoms with van der Waals surface area (Å²) in [6.45, 7) is 8.04. The summed E-state index contributed by atoms with van der Waals surface area (Å²) in [5.41, 5.74) is 0. The lowest BCUT2D eigenvalue weighted by molar-refractivity contribution is -0.135. The molecule has 5 nitrogen and oxygen atoms in total. The third-order valence-electron chi connectivity index (χ3n) is 3.58. The molecule has 1 fully saturated rings. The number of amides is 1. The maximum atomic E-state index is 12.1. The zero-order chi connectivity index (χ0) is 14.1. The normalized spacial score (nSPS) is 21.8. The van der Waals surface area contributed by atoms with E-state index in [0.29, 0.717) is 19.5 Å². The molecular formula is C12H24N2O3S. The Balaban J connectivity index is 2.70. The van der Waals surface area contributed by atoms with Crippen LogP contribution in [0.25, 0.3) is 0 Å². The van der Waals surface area contributed by atoms with Crippen LogP contribution in [-0.4, -0.2) is 55.0 Å². The average molecular weight is 276 g/mol. The van der Waals surface area contributed by atoms with Crippen LogP contribution in [0.2, 0.25) is 0 Å². The highest BCUT2D eigenvalue weighted by atomic mass is 32.2. The second-order valence-corrected chi connectivity index (χ2v) is 7.97. The monoisotopic (exact) mass is 276 g/mol. The molecule has 0 aromatic carbocycles. The van der Waals surface area contributed by atoms with Crippen LogP contribution in [0, 0.1) is 5.92 Å². The van der Waals surface area contributed by atoms with Crippen molar-refractivity contribution in [1.82, 2.24) is 9.21 Å². The molecule has 106 valence electrons. The quantitative estimate of drug-likeness (QED) is 0.767. The molecule has 0 bridgehead atoms. The summed E-state index contributed by atoms with van der Waals surface area (Å²) in [7, 11) is -1.46. The van der Waals surface area contributed by atoms with Crippen molar-refractivity contribution in [3.05, 3.63) is 0 Å². The van der Waals surface area contributed by atoms with Crippen molar-refractivity contribution < 1.29 is 13.2 Å². The molecule has 0 saturated carbocycles. The standard InChI is InChI=1S/C12H24N2O3S/c1-9(2)13(5)12(15)11-6-7-14(8-11)18(16,17)10(3)4/h9-11H,6-8H2,1-5H3. The number of rotatable bonds is 4. The van der Waals surface area contributed by atoms with Gasteiger partial charge in [-0.3, -0.25) is 4.79 Å². The smallest absolute Gasteiger partial charge is 0.227 e. The van der Waals surface area contributed by atoms with E-state index in [1.54, 1.807) is 25.8 Å². The topological polar surface area (TPSA) is 57.7 Å². The molecule has 0 radical (unpaired) electrons. The second kappa shape index (κ2) is 5.57. The Morgan fingerprint density at radius 1 is 1.28 bits per heavy atom. The van der Waals surface area contributed by atoms with Crippen molar-refractivity contribution in [3.63, 3.8) is 0 Å². The van der Waals surface area contributed by atoms with Crippen LogP contribution in [0.15, 0.2) is 0 Å². The first-order valence-electron chi connectivity index (χ1n) is 6.43. The number of sulfonamides is 1. The Morgan fingerprint density at radius 3 is 2.28 bits per heavy atom. The summed E-state index contributed by atoms with van der Waals surface area (Å²) in [6.07, 6.45) is 0.627. The first kappa shape index (κ1) is 15.4. The van der Waals surface area contributed by atoms with Crippen molar-refractivity contribution in [2.24, 2.45) is 5.92 Å². The fraction of sp³-hybridized carbons (Fsp3) is 0.917. The first-order valence-corrected chi connectivity index (χ1v) is 7.94. The van der Waals surface area contributed by atoms with E-state index in [4.69, 9.17) is 0 Å². The summed E-state index contributed by atoms with van der Waals surface area (Å²) in [5.74, 6) is -0.141. The lowest BCUT2D eigenvalue weighted by Gasteiger charge is -2.25. The highest BCUT2D eigenvalue weighted by molar-refractivity contribution is 7.89. The van der Waals surface area contributed by atoms with Crippen LogP contribution >= 0.6 is 0 Å². The molecular weight excluding hydrogens is 252 g/mol. The summed E-state index contributed by atoms with van der Waals surface area (Å²) in [6, 6.07) is 0.147. The highest BCUT2D eigenvalue weighted by Crippen LogP contribution is 2.23. The molecule has 6 heteroatoms. The minimum absolute atomic E-state index is 0.0476. The maximum Gasteiger partial charge on any atom is 0.227 e. The van der Waals surface area contributed by atoms with Gasteiger partial charge in [0, 0.05) is 26.2 Å². The molecule has 0 spiro atoms. The lowest BCUT2D eigenvalue weighted by Crippen LogP contribution is -2.40. The molecule has 1 unspecified atom stereocenters. The van der Waals surface area contributed by atoms with E-state index in [2.05, 4.69) is 0 Å². The molecule has 1 atom stereocenters. The summed E-state index contributed by atoms with van der Waals surface area (Å²) in [5, 5.41) is -0.422. The molecule has 1 amide bonds. The number of carbonyl (C=O) groups excluding carboxylic acids is 1. The minimum atomic E-state index is -3.23. The van der Waals surface area contributed by atoms with Crippen molar-refractivity contribution in [2.75, 3.05) is 20.1 Å². The van der Waals surface area contributed by atoms with Gasteiger partial charge in [-0.1, -0.05) is 0 Å². The molecule has 0 N–H and O–H groups in total. The number of nitrogens with zero attached hydrogens (tertiary/aromatic N) is 2. The number of hydrogen-bond acceptors (Lipinski definition) is 3. The molecule has 0 aromatic heterocycles. The fourth-order valence-electron chi connectivity index (χ4n) is 2.00. The zero-order valence-electron chi connectivity index (χ0n) is 11.9. The predicted octanol–water partition coefficient (Wildman–Crippen LogP) is 0.913. The average Bonchev–Trinajstić information content (AvgIpc) is 2.76. The van der Waals surface area contributed by atoms with Gasteiger partial charge in [-0.25, -0.2) is 12.7 Å². The Labute approximate surface area is 110 Å². The molecule has 0 aliphatic carbocycles. The van der Waals surface area contributed by atoms with E-state index in [0.717, 1.165) is 0 Å². The molecule has 0 aromatic rings. The van der Waals surface area contributed by atoms with Gasteiger partial charge in [-0.2, -0.15) is 0 Å². The molecule has 1 aliphatic heterocycles. The Kier molecular flexibility index (Phi) is 4.78. The van der Waals surface area contributed by atoms with Crippen molar-refractivity contribution in [1.29, 1.82) is 0 Å². The van der Waals surface area contributed by atoms with Gasteiger partial charge >= 0.3 is 0 Å². The van der Waals surface area contributed by atoms with Crippen LogP contribution in [-0.2, 0) is 14.8 Å². The van der Waals surface area contributed by atoms with E-state index in [-0.39, 0.29) is 17.9 Å². The zero-order valence-corrected chi connectivity index (χ0v) is 12.7. The van der Waals surface area contributed by atoms with Gasteiger partial charge in [0.2, 0.25) is 15.9 Å². The second-order valence-electron chi connectivity index (χ2n) is 5.48. The lowest BCUT2D eigenvalue weighted by atomic mass is 10.1. The van der Waals surface area contributed by atoms with Crippen molar-refractivity contribution in [3.8, 4) is 0 Å². The molecule has 1 saturated heterocycles. The van der Waals surface area contributed by atoms with Gasteiger partial charge in [0.25, 0.3) is 0 Å². The van der Waals surface area contributed by atoms with Crippen LogP contribution in [0.1, 0.15) is 34.1 Å². The Hall–Kier alpha value is -0.620. The largest absolute Gasteiger partial charge is 0.343 e. The summed E-state index contributed by atoms with van der Waals surface area (Å²) < 4.78 is 25.5. The van der Waals surface area contributed by atoms with E-state index in [1.807, 2.05) is 13.8 Å². The van der Waals surface area contributed by atoms with E-state index < -0.39 is 15.3 Å². The van der Waals surface area contributed by atoms with E-state index >= 15 is 0 Å². The SMILES string of the molecule is CC(C)N(C)C(=O)C1CCN(S(=O)(=O)C(C)C)C1. The van der Waals surface area contributed by atoms with Gasteiger partial charge in [0.15, 0.2) is 0 Å². The molecule has 1 rings (SSSR count). The van der Waals surface area contributed by atoms with Crippen LogP contribution in [0.4, 0.5) is 0 Å². The predicted molar refractivity (Wildman–Crippen MR) is 71.6 cm³/mol. The highest BCUT2D eigenvalue weighted by Gasteiger charge is 2.37. The van der Waals surface area contributed by atoms with Gasteiger partial charge in [-0.05, 0) is 34.1 Å². The van der Waals surface area contributed by atoms with E-state index in [1.165, 1.54) is 4.31 Å². The number of hydrogen-bond donors (Lipinski definition) is 0. The molecule has 1 heterocycles. The van der Waals surface area contributed by atoms with E-state index in [9.17, 15) is 13.2 Å². The minimum Gasteiger partial charge on any atom is -0.343 e. The van der Waals surface area contributed by atoms with Crippen LogP contribution < -0.4 is 0 Å². The van der Waals surface area contributed by atoms with Gasteiger partial charge in [0.05, 0.1) is 11.2 Å². The third kappa shape index (κ3) is 3.03. The van der Waals surface area contributed by atoms with Gasteiger partial charge in [-0.15, -0.1) is 0 Å². The Bertz CT molecular complexity index is 404. The molecule has 1 aliphatic rings. The fourth-order valence-corrected chi connectivity index (χ4v) is 3.35. The molecule has 18 heavy (non-hydrogen) atoms. The van der Waals surface area contributed by atoms with Crippen molar-refractivity contribution in [2.45, 2.75) is 45.4 Å². The number of carbonyl (C=O) groups is 1. The van der Waals surface area contributed by atoms with Gasteiger partial charge in [0.1, 0.15) is 0 Å². The van der Waals surface area contributed by atoms with Crippen molar-refractivity contribution >= 4 is 15.9 Å². The third-order valence-corrected chi connectivity index (χ3v) is 5.82. The summed E-state index contributed by atoms with van der Waals surface area (Å²) >= 11 is 0. The van der Waals surface area contributed by atoms with Crippen LogP contribution in [0.5, 0.6) is 0 Å². The van der Waals surface area contributed by atoms with Crippen LogP contribution in [0.3, 0.4) is 0 Å². The maximum absolute atomic E-state index is 12.1. The van der Waals surface area contributed by atoms with Gasteiger partial charge < -0.3 is 4.90 Å². The Morgan fingerprint density at radius 2 is 1.83 bits per heavy atom. The first-order chi connectivity index (χ1) is 8.17. The summed E-state index contributed by atoms with van der Waals surface area (Å²) in [4.78, 5) is 13.8.